The topological polar surface area (TPSA) is 75.1 Å². The van der Waals surface area contributed by atoms with Gasteiger partial charge in [0, 0.05) is 34.8 Å². The van der Waals surface area contributed by atoms with Crippen molar-refractivity contribution < 1.29 is 22.4 Å². The number of nitrogens with zero attached hydrogens (tertiary/aromatic N) is 3. The van der Waals surface area contributed by atoms with Gasteiger partial charge in [-0.2, -0.15) is 18.3 Å². The third kappa shape index (κ3) is 4.01. The molecule has 0 bridgehead atoms. The van der Waals surface area contributed by atoms with E-state index in [0.717, 1.165) is 23.3 Å². The second kappa shape index (κ2) is 8.14. The minimum Gasteiger partial charge on any atom is -0.322 e. The number of amides is 1. The highest BCUT2D eigenvalue weighted by Crippen LogP contribution is 2.31. The molecule has 0 fully saturated rings. The number of aromatic nitrogens is 4. The van der Waals surface area contributed by atoms with Crippen molar-refractivity contribution in [1.29, 1.82) is 0 Å². The summed E-state index contributed by atoms with van der Waals surface area (Å²) >= 11 is 0. The Morgan fingerprint density at radius 1 is 0.971 bits per heavy atom. The Morgan fingerprint density at radius 3 is 2.53 bits per heavy atom. The molecule has 0 saturated heterocycles. The van der Waals surface area contributed by atoms with E-state index in [1.165, 1.54) is 24.3 Å². The van der Waals surface area contributed by atoms with Crippen LogP contribution in [0, 0.1) is 5.82 Å². The van der Waals surface area contributed by atoms with Crippen molar-refractivity contribution in [3.8, 4) is 22.4 Å². The van der Waals surface area contributed by atoms with Gasteiger partial charge in [-0.15, -0.1) is 0 Å². The number of rotatable bonds is 4. The number of anilines is 1. The van der Waals surface area contributed by atoms with Crippen LogP contribution in [0.4, 0.5) is 23.2 Å². The van der Waals surface area contributed by atoms with Crippen LogP contribution in [-0.4, -0.2) is 25.5 Å². The zero-order valence-corrected chi connectivity index (χ0v) is 17.3. The lowest BCUT2D eigenvalue weighted by Crippen LogP contribution is -2.14. The van der Waals surface area contributed by atoms with Gasteiger partial charge in [-0.3, -0.25) is 14.3 Å². The summed E-state index contributed by atoms with van der Waals surface area (Å²) in [5.41, 5.74) is 2.17. The number of imidazole rings is 1. The van der Waals surface area contributed by atoms with Crippen LogP contribution < -0.4 is 5.32 Å². The highest BCUT2D eigenvalue weighted by Gasteiger charge is 2.30. The molecule has 6 nitrogen and oxygen atoms in total. The van der Waals surface area contributed by atoms with E-state index in [-0.39, 0.29) is 11.3 Å². The Kier molecular flexibility index (Phi) is 5.12. The number of alkyl halides is 3. The highest BCUT2D eigenvalue weighted by molar-refractivity contribution is 6.04. The van der Waals surface area contributed by atoms with Gasteiger partial charge in [-0.1, -0.05) is 12.1 Å². The monoisotopic (exact) mass is 465 g/mol. The number of pyridine rings is 1. The van der Waals surface area contributed by atoms with Crippen LogP contribution in [0.15, 0.2) is 79.4 Å². The van der Waals surface area contributed by atoms with Crippen LogP contribution in [0.5, 0.6) is 0 Å². The fraction of sp³-hybridized carbons (Fsp3) is 0.0417. The number of hydrogen-bond donors (Lipinski definition) is 2. The standard InChI is InChI=1S/C24H15F4N5O/c25-20-8-14(21-12-29-22-7-5-15(13-33(21)22)16-10-30-31-11-16)4-6-19(20)23(34)32-18-3-1-2-17(9-18)24(26,27)28/h1-13H,(H,30,31)(H,32,34). The first kappa shape index (κ1) is 21.4. The summed E-state index contributed by atoms with van der Waals surface area (Å²) in [6.45, 7) is 0. The molecule has 170 valence electrons. The summed E-state index contributed by atoms with van der Waals surface area (Å²) in [5, 5.41) is 9.00. The SMILES string of the molecule is O=C(Nc1cccc(C(F)(F)F)c1)c1ccc(-c2cnc3ccc(-c4cn[nH]c4)cn23)cc1F. The maximum atomic E-state index is 14.9. The summed E-state index contributed by atoms with van der Waals surface area (Å²) in [6, 6.07) is 11.9. The van der Waals surface area contributed by atoms with Crippen molar-refractivity contribution in [3.63, 3.8) is 0 Å². The molecule has 10 heteroatoms. The van der Waals surface area contributed by atoms with E-state index in [1.807, 2.05) is 18.3 Å². The summed E-state index contributed by atoms with van der Waals surface area (Å²) in [6.07, 6.45) is 2.30. The lowest BCUT2D eigenvalue weighted by atomic mass is 10.1. The first-order chi connectivity index (χ1) is 16.3. The fourth-order valence-electron chi connectivity index (χ4n) is 3.60. The number of aromatic amines is 1. The van der Waals surface area contributed by atoms with Crippen LogP contribution in [0.2, 0.25) is 0 Å². The lowest BCUT2D eigenvalue weighted by molar-refractivity contribution is -0.137. The number of benzene rings is 2. The van der Waals surface area contributed by atoms with Crippen LogP contribution in [-0.2, 0) is 6.18 Å². The smallest absolute Gasteiger partial charge is 0.322 e. The van der Waals surface area contributed by atoms with Gasteiger partial charge in [-0.05, 0) is 42.5 Å². The zero-order chi connectivity index (χ0) is 23.9. The van der Waals surface area contributed by atoms with E-state index in [9.17, 15) is 22.4 Å². The average molecular weight is 465 g/mol. The minimum absolute atomic E-state index is 0.0862. The van der Waals surface area contributed by atoms with E-state index in [4.69, 9.17) is 0 Å². The maximum absolute atomic E-state index is 14.9. The van der Waals surface area contributed by atoms with Crippen LogP contribution in [0.1, 0.15) is 15.9 Å². The van der Waals surface area contributed by atoms with E-state index in [0.29, 0.717) is 16.9 Å². The Balaban J connectivity index is 1.44. The summed E-state index contributed by atoms with van der Waals surface area (Å²) in [7, 11) is 0. The molecule has 1 amide bonds. The van der Waals surface area contributed by atoms with Crippen LogP contribution in [0.25, 0.3) is 28.0 Å². The van der Waals surface area contributed by atoms with Gasteiger partial charge < -0.3 is 5.32 Å². The van der Waals surface area contributed by atoms with Crippen molar-refractivity contribution in [2.45, 2.75) is 6.18 Å². The number of H-pyrrole nitrogens is 1. The number of nitrogens with one attached hydrogen (secondary N) is 2. The number of hydrogen-bond acceptors (Lipinski definition) is 3. The molecule has 0 aliphatic rings. The summed E-state index contributed by atoms with van der Waals surface area (Å²) in [4.78, 5) is 16.9. The first-order valence-corrected chi connectivity index (χ1v) is 10.0. The molecular formula is C24H15F4N5O. The molecule has 0 saturated carbocycles. The average Bonchev–Trinajstić information content (AvgIpc) is 3.48. The van der Waals surface area contributed by atoms with E-state index < -0.39 is 23.5 Å². The molecule has 0 unspecified atom stereocenters. The van der Waals surface area contributed by atoms with Crippen molar-refractivity contribution in [1.82, 2.24) is 19.6 Å². The molecule has 3 aromatic heterocycles. The molecule has 0 aliphatic heterocycles. The first-order valence-electron chi connectivity index (χ1n) is 10.0. The molecule has 0 aliphatic carbocycles. The summed E-state index contributed by atoms with van der Waals surface area (Å²) < 4.78 is 55.4. The van der Waals surface area contributed by atoms with E-state index in [1.54, 1.807) is 29.1 Å². The number of halogens is 4. The number of carbonyl (C=O) groups excluding carboxylic acids is 1. The fourth-order valence-corrected chi connectivity index (χ4v) is 3.60. The van der Waals surface area contributed by atoms with Crippen molar-refractivity contribution >= 4 is 17.2 Å². The van der Waals surface area contributed by atoms with E-state index >= 15 is 0 Å². The Morgan fingerprint density at radius 2 is 1.79 bits per heavy atom. The molecule has 34 heavy (non-hydrogen) atoms. The predicted molar refractivity (Wildman–Crippen MR) is 118 cm³/mol. The number of fused-ring (bicyclic) bond motifs is 1. The Bertz CT molecular complexity index is 1510. The molecule has 2 aromatic carbocycles. The minimum atomic E-state index is -4.56. The normalized spacial score (nSPS) is 11.6. The van der Waals surface area contributed by atoms with Crippen LogP contribution in [0.3, 0.4) is 0 Å². The molecule has 2 N–H and O–H groups in total. The Labute approximate surface area is 189 Å². The van der Waals surface area contributed by atoms with Crippen LogP contribution >= 0.6 is 0 Å². The van der Waals surface area contributed by atoms with Crippen molar-refractivity contribution in [3.05, 3.63) is 96.3 Å². The molecule has 5 aromatic rings. The van der Waals surface area contributed by atoms with Gasteiger partial charge in [0.15, 0.2) is 0 Å². The molecular weight excluding hydrogens is 450 g/mol. The van der Waals surface area contributed by atoms with Gasteiger partial charge in [-0.25, -0.2) is 9.37 Å². The second-order valence-corrected chi connectivity index (χ2v) is 7.50. The maximum Gasteiger partial charge on any atom is 0.416 e. The summed E-state index contributed by atoms with van der Waals surface area (Å²) in [5.74, 6) is -1.67. The molecule has 0 radical (unpaired) electrons. The van der Waals surface area contributed by atoms with Gasteiger partial charge in [0.25, 0.3) is 5.91 Å². The second-order valence-electron chi connectivity index (χ2n) is 7.50. The van der Waals surface area contributed by atoms with Gasteiger partial charge in [0.05, 0.1) is 29.2 Å². The van der Waals surface area contributed by atoms with E-state index in [2.05, 4.69) is 20.5 Å². The predicted octanol–water partition coefficient (Wildman–Crippen LogP) is 5.80. The van der Waals surface area contributed by atoms with Crippen molar-refractivity contribution in [2.75, 3.05) is 5.32 Å². The quantitative estimate of drug-likeness (QED) is 0.330. The van der Waals surface area contributed by atoms with Gasteiger partial charge >= 0.3 is 6.18 Å². The molecule has 5 rings (SSSR count). The van der Waals surface area contributed by atoms with Gasteiger partial charge in [0.1, 0.15) is 11.5 Å². The lowest BCUT2D eigenvalue weighted by Gasteiger charge is -2.11. The largest absolute Gasteiger partial charge is 0.416 e. The van der Waals surface area contributed by atoms with Crippen molar-refractivity contribution in [2.24, 2.45) is 0 Å². The molecule has 3 heterocycles. The Hall–Kier alpha value is -4.47. The van der Waals surface area contributed by atoms with Gasteiger partial charge in [0.2, 0.25) is 0 Å². The third-order valence-corrected chi connectivity index (χ3v) is 5.29. The molecule has 0 spiro atoms. The highest BCUT2D eigenvalue weighted by atomic mass is 19.4. The zero-order valence-electron chi connectivity index (χ0n) is 17.3. The third-order valence-electron chi connectivity index (χ3n) is 5.29. The number of carbonyl (C=O) groups is 1. The molecule has 0 atom stereocenters.